The van der Waals surface area contributed by atoms with Crippen LogP contribution >= 0.6 is 0 Å². The molecule has 1 fully saturated rings. The Hall–Kier alpha value is -1.30. The normalized spacial score (nSPS) is 18.6. The molecule has 1 heterocycles. The molecule has 1 rings (SSSR count). The topological polar surface area (TPSA) is 72.9 Å². The van der Waals surface area contributed by atoms with Crippen LogP contribution in [-0.2, 0) is 4.79 Å². The number of carbonyl (C=O) groups is 2. The van der Waals surface area contributed by atoms with Crippen LogP contribution in [0.2, 0.25) is 0 Å². The van der Waals surface area contributed by atoms with Gasteiger partial charge < -0.3 is 20.2 Å². The largest absolute Gasteiger partial charge is 0.481 e. The fourth-order valence-electron chi connectivity index (χ4n) is 2.47. The van der Waals surface area contributed by atoms with E-state index in [4.69, 9.17) is 5.11 Å². The molecule has 0 radical (unpaired) electrons. The molecule has 0 aromatic heterocycles. The highest BCUT2D eigenvalue weighted by Crippen LogP contribution is 2.11. The van der Waals surface area contributed by atoms with Crippen LogP contribution < -0.4 is 5.32 Å². The summed E-state index contributed by atoms with van der Waals surface area (Å²) in [5.41, 5.74) is 0. The zero-order chi connectivity index (χ0) is 15.1. The van der Waals surface area contributed by atoms with E-state index in [1.54, 1.807) is 14.0 Å². The van der Waals surface area contributed by atoms with Crippen LogP contribution in [0.15, 0.2) is 0 Å². The number of carboxylic acids is 1. The first kappa shape index (κ1) is 16.8. The van der Waals surface area contributed by atoms with Crippen molar-refractivity contribution in [3.05, 3.63) is 0 Å². The zero-order valence-electron chi connectivity index (χ0n) is 12.8. The third-order valence-electron chi connectivity index (χ3n) is 3.77. The summed E-state index contributed by atoms with van der Waals surface area (Å²) in [7, 11) is 1.64. The minimum Gasteiger partial charge on any atom is -0.481 e. The third-order valence-corrected chi connectivity index (χ3v) is 3.77. The average molecular weight is 285 g/mol. The summed E-state index contributed by atoms with van der Waals surface area (Å²) in [6.45, 7) is 7.18. The van der Waals surface area contributed by atoms with Gasteiger partial charge in [0, 0.05) is 32.7 Å². The Morgan fingerprint density at radius 3 is 2.50 bits per heavy atom. The second-order valence-electron chi connectivity index (χ2n) is 5.69. The molecule has 2 amide bonds. The van der Waals surface area contributed by atoms with Crippen LogP contribution in [0.1, 0.15) is 33.1 Å². The van der Waals surface area contributed by atoms with Crippen molar-refractivity contribution >= 4 is 12.0 Å². The van der Waals surface area contributed by atoms with Crippen molar-refractivity contribution in [2.45, 2.75) is 39.2 Å². The molecular weight excluding hydrogens is 258 g/mol. The van der Waals surface area contributed by atoms with Gasteiger partial charge in [-0.1, -0.05) is 13.8 Å². The van der Waals surface area contributed by atoms with Gasteiger partial charge in [0.25, 0.3) is 0 Å². The van der Waals surface area contributed by atoms with Crippen molar-refractivity contribution in [1.29, 1.82) is 0 Å². The van der Waals surface area contributed by atoms with Gasteiger partial charge in [-0.15, -0.1) is 0 Å². The Kier molecular flexibility index (Phi) is 6.78. The minimum absolute atomic E-state index is 0.174. The van der Waals surface area contributed by atoms with E-state index in [0.29, 0.717) is 0 Å². The first-order valence-electron chi connectivity index (χ1n) is 7.40. The van der Waals surface area contributed by atoms with E-state index in [9.17, 15) is 9.59 Å². The molecule has 116 valence electrons. The van der Waals surface area contributed by atoms with E-state index in [0.717, 1.165) is 38.9 Å². The van der Waals surface area contributed by atoms with Gasteiger partial charge in [0.15, 0.2) is 0 Å². The Morgan fingerprint density at radius 2 is 2.00 bits per heavy atom. The van der Waals surface area contributed by atoms with Gasteiger partial charge in [-0.2, -0.15) is 0 Å². The molecule has 6 nitrogen and oxygen atoms in total. The van der Waals surface area contributed by atoms with E-state index >= 15 is 0 Å². The molecule has 1 atom stereocenters. The fourth-order valence-corrected chi connectivity index (χ4v) is 2.47. The predicted octanol–water partition coefficient (Wildman–Crippen LogP) is 1.22. The summed E-state index contributed by atoms with van der Waals surface area (Å²) in [6, 6.07) is 0.0326. The number of piperidine rings is 1. The summed E-state index contributed by atoms with van der Waals surface area (Å²) in [5.74, 6) is -1.42. The fraction of sp³-hybridized carbons (Fsp3) is 0.857. The molecule has 20 heavy (non-hydrogen) atoms. The van der Waals surface area contributed by atoms with Gasteiger partial charge in [0.05, 0.1) is 5.92 Å². The summed E-state index contributed by atoms with van der Waals surface area (Å²) in [5, 5.41) is 11.8. The highest BCUT2D eigenvalue weighted by Gasteiger charge is 2.23. The van der Waals surface area contributed by atoms with Gasteiger partial charge in [-0.25, -0.2) is 4.79 Å². The SMILES string of the molecule is CCCN1CCC(NC(=O)N(C)CC(C)C(=O)O)CC1. The van der Waals surface area contributed by atoms with E-state index in [1.165, 1.54) is 4.90 Å². The molecule has 0 spiro atoms. The molecule has 6 heteroatoms. The van der Waals surface area contributed by atoms with Crippen LogP contribution in [0.5, 0.6) is 0 Å². The smallest absolute Gasteiger partial charge is 0.317 e. The molecule has 0 saturated carbocycles. The number of nitrogens with zero attached hydrogens (tertiary/aromatic N) is 2. The van der Waals surface area contributed by atoms with Crippen molar-refractivity contribution in [3.63, 3.8) is 0 Å². The van der Waals surface area contributed by atoms with Gasteiger partial charge in [-0.3, -0.25) is 4.79 Å². The molecule has 0 bridgehead atoms. The molecule has 1 aliphatic heterocycles. The Morgan fingerprint density at radius 1 is 1.40 bits per heavy atom. The summed E-state index contributed by atoms with van der Waals surface area (Å²) in [6.07, 6.45) is 3.09. The lowest BCUT2D eigenvalue weighted by Gasteiger charge is -2.33. The number of amides is 2. The number of carbonyl (C=O) groups excluding carboxylic acids is 1. The number of urea groups is 1. The number of rotatable bonds is 6. The quantitative estimate of drug-likeness (QED) is 0.769. The van der Waals surface area contributed by atoms with Crippen LogP contribution in [0, 0.1) is 5.92 Å². The number of likely N-dealkylation sites (tertiary alicyclic amines) is 1. The molecule has 1 saturated heterocycles. The molecule has 0 aromatic carbocycles. The highest BCUT2D eigenvalue weighted by molar-refractivity contribution is 5.76. The summed E-state index contributed by atoms with van der Waals surface area (Å²) < 4.78 is 0. The Bertz CT molecular complexity index is 328. The third kappa shape index (κ3) is 5.36. The summed E-state index contributed by atoms with van der Waals surface area (Å²) in [4.78, 5) is 26.6. The van der Waals surface area contributed by atoms with Crippen molar-refractivity contribution in [2.24, 2.45) is 5.92 Å². The molecular formula is C14H27N3O3. The van der Waals surface area contributed by atoms with E-state index in [2.05, 4.69) is 17.1 Å². The van der Waals surface area contributed by atoms with Crippen molar-refractivity contribution in [2.75, 3.05) is 33.2 Å². The van der Waals surface area contributed by atoms with Gasteiger partial charge in [0.1, 0.15) is 0 Å². The van der Waals surface area contributed by atoms with Crippen molar-refractivity contribution in [1.82, 2.24) is 15.1 Å². The predicted molar refractivity (Wildman–Crippen MR) is 77.7 cm³/mol. The van der Waals surface area contributed by atoms with Crippen LogP contribution in [-0.4, -0.2) is 66.2 Å². The van der Waals surface area contributed by atoms with Crippen LogP contribution in [0.25, 0.3) is 0 Å². The monoisotopic (exact) mass is 285 g/mol. The first-order valence-corrected chi connectivity index (χ1v) is 7.40. The highest BCUT2D eigenvalue weighted by atomic mass is 16.4. The molecule has 1 unspecified atom stereocenters. The number of aliphatic carboxylic acids is 1. The second kappa shape index (κ2) is 8.09. The van der Waals surface area contributed by atoms with Crippen molar-refractivity contribution in [3.8, 4) is 0 Å². The minimum atomic E-state index is -0.877. The average Bonchev–Trinajstić information content (AvgIpc) is 2.41. The number of hydrogen-bond acceptors (Lipinski definition) is 3. The van der Waals surface area contributed by atoms with E-state index < -0.39 is 11.9 Å². The number of carboxylic acid groups (broad SMARTS) is 1. The van der Waals surface area contributed by atoms with Crippen LogP contribution in [0.4, 0.5) is 4.79 Å². The molecule has 0 aromatic rings. The Labute approximate surface area is 121 Å². The molecule has 2 N–H and O–H groups in total. The van der Waals surface area contributed by atoms with Gasteiger partial charge >= 0.3 is 12.0 Å². The lowest BCUT2D eigenvalue weighted by Crippen LogP contribution is -2.49. The molecule has 0 aliphatic carbocycles. The Balaban J connectivity index is 2.30. The van der Waals surface area contributed by atoms with Gasteiger partial charge in [0.2, 0.25) is 0 Å². The number of hydrogen-bond donors (Lipinski definition) is 2. The maximum atomic E-state index is 12.0. The molecule has 1 aliphatic rings. The van der Waals surface area contributed by atoms with Crippen LogP contribution in [0.3, 0.4) is 0 Å². The summed E-state index contributed by atoms with van der Waals surface area (Å²) >= 11 is 0. The standard InChI is InChI=1S/C14H27N3O3/c1-4-7-17-8-5-12(6-9-17)15-14(20)16(3)10-11(2)13(18)19/h11-12H,4-10H2,1-3H3,(H,15,20)(H,18,19). The maximum Gasteiger partial charge on any atom is 0.317 e. The lowest BCUT2D eigenvalue weighted by atomic mass is 10.1. The maximum absolute atomic E-state index is 12.0. The lowest BCUT2D eigenvalue weighted by molar-refractivity contribution is -0.141. The van der Waals surface area contributed by atoms with E-state index in [-0.39, 0.29) is 18.6 Å². The first-order chi connectivity index (χ1) is 9.43. The second-order valence-corrected chi connectivity index (χ2v) is 5.69. The van der Waals surface area contributed by atoms with E-state index in [1.807, 2.05) is 0 Å². The van der Waals surface area contributed by atoms with Crippen molar-refractivity contribution < 1.29 is 14.7 Å². The van der Waals surface area contributed by atoms with Gasteiger partial charge in [-0.05, 0) is 25.8 Å². The number of nitrogens with one attached hydrogen (secondary N) is 1. The zero-order valence-corrected chi connectivity index (χ0v) is 12.8.